The van der Waals surface area contributed by atoms with Crippen molar-refractivity contribution >= 4 is 17.8 Å². The molecule has 6 nitrogen and oxygen atoms in total. The molecule has 0 saturated heterocycles. The molecule has 1 unspecified atom stereocenters. The van der Waals surface area contributed by atoms with Crippen molar-refractivity contribution in [3.63, 3.8) is 0 Å². The van der Waals surface area contributed by atoms with Crippen molar-refractivity contribution in [2.45, 2.75) is 25.3 Å². The normalized spacial score (nSPS) is 11.4. The molecule has 2 aromatic carbocycles. The van der Waals surface area contributed by atoms with Crippen LogP contribution in [0.4, 0.5) is 4.39 Å². The van der Waals surface area contributed by atoms with Crippen LogP contribution in [0.2, 0.25) is 0 Å². The Morgan fingerprint density at radius 1 is 1.04 bits per heavy atom. The van der Waals surface area contributed by atoms with Crippen LogP contribution < -0.4 is 10.6 Å². The number of carbonyl (C=O) groups excluding carboxylic acids is 2. The summed E-state index contributed by atoms with van der Waals surface area (Å²) < 4.78 is 13.1. The van der Waals surface area contributed by atoms with Gasteiger partial charge in [0.25, 0.3) is 5.91 Å². The Morgan fingerprint density at radius 3 is 2.44 bits per heavy atom. The summed E-state index contributed by atoms with van der Waals surface area (Å²) in [6.45, 7) is -0.284. The summed E-state index contributed by atoms with van der Waals surface area (Å²) >= 11 is 0. The van der Waals surface area contributed by atoms with Gasteiger partial charge < -0.3 is 15.7 Å². The zero-order valence-electron chi connectivity index (χ0n) is 14.7. The van der Waals surface area contributed by atoms with E-state index in [0.717, 1.165) is 11.6 Å². The van der Waals surface area contributed by atoms with E-state index in [-0.39, 0.29) is 31.0 Å². The van der Waals surface area contributed by atoms with Gasteiger partial charge in [0, 0.05) is 18.0 Å². The van der Waals surface area contributed by atoms with E-state index in [4.69, 9.17) is 5.11 Å². The fourth-order valence-electron chi connectivity index (χ4n) is 2.59. The number of rotatable bonds is 9. The largest absolute Gasteiger partial charge is 0.481 e. The van der Waals surface area contributed by atoms with Crippen LogP contribution in [0.25, 0.3) is 0 Å². The molecule has 0 radical (unpaired) electrons. The summed E-state index contributed by atoms with van der Waals surface area (Å²) in [5.41, 5.74) is 1.09. The minimum Gasteiger partial charge on any atom is -0.481 e. The number of amides is 2. The van der Waals surface area contributed by atoms with Gasteiger partial charge in [-0.15, -0.1) is 0 Å². The van der Waals surface area contributed by atoms with Crippen molar-refractivity contribution < 1.29 is 23.9 Å². The lowest BCUT2D eigenvalue weighted by Crippen LogP contribution is -2.43. The van der Waals surface area contributed by atoms with Gasteiger partial charge in [0.2, 0.25) is 5.91 Å². The van der Waals surface area contributed by atoms with Crippen molar-refractivity contribution in [2.24, 2.45) is 0 Å². The van der Waals surface area contributed by atoms with Gasteiger partial charge in [-0.1, -0.05) is 36.4 Å². The van der Waals surface area contributed by atoms with E-state index in [1.165, 1.54) is 18.2 Å². The van der Waals surface area contributed by atoms with Gasteiger partial charge in [0.05, 0.1) is 6.54 Å². The topological polar surface area (TPSA) is 95.5 Å². The fraction of sp³-hybridized carbons (Fsp3) is 0.250. The monoisotopic (exact) mass is 372 g/mol. The number of carboxylic acid groups (broad SMARTS) is 1. The van der Waals surface area contributed by atoms with Crippen LogP contribution in [0.3, 0.4) is 0 Å². The first-order valence-electron chi connectivity index (χ1n) is 8.53. The highest BCUT2D eigenvalue weighted by Gasteiger charge is 2.16. The molecule has 0 aliphatic heterocycles. The number of hydrogen-bond acceptors (Lipinski definition) is 3. The number of aliphatic carboxylic acids is 1. The molecule has 3 N–H and O–H groups in total. The highest BCUT2D eigenvalue weighted by atomic mass is 19.1. The Morgan fingerprint density at radius 2 is 1.78 bits per heavy atom. The third kappa shape index (κ3) is 7.27. The van der Waals surface area contributed by atoms with Gasteiger partial charge in [-0.05, 0) is 36.6 Å². The predicted octanol–water partition coefficient (Wildman–Crippen LogP) is 2.15. The average molecular weight is 372 g/mol. The quantitative estimate of drug-likeness (QED) is 0.628. The average Bonchev–Trinajstić information content (AvgIpc) is 2.65. The SMILES string of the molecule is O=C(O)CCC(Cc1ccccc1)NC(=O)CNC(=O)c1cccc(F)c1. The molecule has 2 aromatic rings. The second kappa shape index (κ2) is 10.1. The Bertz CT molecular complexity index is 796. The highest BCUT2D eigenvalue weighted by Crippen LogP contribution is 2.08. The van der Waals surface area contributed by atoms with Crippen molar-refractivity contribution in [1.82, 2.24) is 10.6 Å². The van der Waals surface area contributed by atoms with Crippen LogP contribution in [0, 0.1) is 5.82 Å². The number of nitrogens with one attached hydrogen (secondary N) is 2. The van der Waals surface area contributed by atoms with Crippen molar-refractivity contribution in [3.05, 3.63) is 71.5 Å². The zero-order valence-corrected chi connectivity index (χ0v) is 14.7. The lowest BCUT2D eigenvalue weighted by Gasteiger charge is -2.18. The molecule has 0 spiro atoms. The van der Waals surface area contributed by atoms with Crippen LogP contribution in [-0.4, -0.2) is 35.5 Å². The fourth-order valence-corrected chi connectivity index (χ4v) is 2.59. The van der Waals surface area contributed by atoms with E-state index in [2.05, 4.69) is 10.6 Å². The number of carbonyl (C=O) groups is 3. The molecular weight excluding hydrogens is 351 g/mol. The third-order valence-corrected chi connectivity index (χ3v) is 3.89. The van der Waals surface area contributed by atoms with Crippen molar-refractivity contribution in [3.8, 4) is 0 Å². The predicted molar refractivity (Wildman–Crippen MR) is 97.7 cm³/mol. The molecule has 7 heteroatoms. The standard InChI is InChI=1S/C20H21FN2O4/c21-16-8-4-7-15(12-16)20(27)22-13-18(24)23-17(9-10-19(25)26)11-14-5-2-1-3-6-14/h1-8,12,17H,9-11,13H2,(H,22,27)(H,23,24)(H,25,26). The molecule has 0 bridgehead atoms. The van der Waals surface area contributed by atoms with Crippen molar-refractivity contribution in [1.29, 1.82) is 0 Å². The van der Waals surface area contributed by atoms with Crippen LogP contribution in [-0.2, 0) is 16.0 Å². The molecule has 0 aliphatic carbocycles. The Kier molecular flexibility index (Phi) is 7.49. The summed E-state index contributed by atoms with van der Waals surface area (Å²) in [5, 5.41) is 14.1. The molecule has 2 amide bonds. The molecule has 2 rings (SSSR count). The van der Waals surface area contributed by atoms with Gasteiger partial charge >= 0.3 is 5.97 Å². The highest BCUT2D eigenvalue weighted by molar-refractivity contribution is 5.96. The first-order chi connectivity index (χ1) is 12.9. The van der Waals surface area contributed by atoms with Gasteiger partial charge in [0.1, 0.15) is 5.82 Å². The minimum atomic E-state index is -0.943. The van der Waals surface area contributed by atoms with Gasteiger partial charge in [0.15, 0.2) is 0 Å². The Hall–Kier alpha value is -3.22. The second-order valence-corrected chi connectivity index (χ2v) is 6.08. The van der Waals surface area contributed by atoms with Gasteiger partial charge in [-0.25, -0.2) is 4.39 Å². The van der Waals surface area contributed by atoms with E-state index in [1.54, 1.807) is 0 Å². The van der Waals surface area contributed by atoms with E-state index >= 15 is 0 Å². The molecule has 27 heavy (non-hydrogen) atoms. The number of benzene rings is 2. The van der Waals surface area contributed by atoms with Crippen LogP contribution in [0.1, 0.15) is 28.8 Å². The summed E-state index contributed by atoms with van der Waals surface area (Å²) in [5.74, 6) is -2.48. The molecule has 0 saturated carbocycles. The molecule has 0 aliphatic rings. The van der Waals surface area contributed by atoms with Crippen LogP contribution >= 0.6 is 0 Å². The zero-order chi connectivity index (χ0) is 19.6. The molecule has 1 atom stereocenters. The van der Waals surface area contributed by atoms with Gasteiger partial charge in [-0.3, -0.25) is 14.4 Å². The van der Waals surface area contributed by atoms with E-state index in [9.17, 15) is 18.8 Å². The van der Waals surface area contributed by atoms with Crippen LogP contribution in [0.5, 0.6) is 0 Å². The third-order valence-electron chi connectivity index (χ3n) is 3.89. The minimum absolute atomic E-state index is 0.0760. The van der Waals surface area contributed by atoms with E-state index in [1.807, 2.05) is 30.3 Å². The molecular formula is C20H21FN2O4. The number of carboxylic acids is 1. The van der Waals surface area contributed by atoms with Crippen molar-refractivity contribution in [2.75, 3.05) is 6.54 Å². The Labute approximate surface area is 156 Å². The van der Waals surface area contributed by atoms with E-state index < -0.39 is 23.6 Å². The second-order valence-electron chi connectivity index (χ2n) is 6.08. The summed E-state index contributed by atoms with van der Waals surface area (Å²) in [4.78, 5) is 34.9. The Balaban J connectivity index is 1.89. The summed E-state index contributed by atoms with van der Waals surface area (Å²) in [6, 6.07) is 14.2. The maximum atomic E-state index is 13.1. The lowest BCUT2D eigenvalue weighted by molar-refractivity contribution is -0.137. The lowest BCUT2D eigenvalue weighted by atomic mass is 10.0. The maximum absolute atomic E-state index is 13.1. The van der Waals surface area contributed by atoms with Crippen LogP contribution in [0.15, 0.2) is 54.6 Å². The first kappa shape index (κ1) is 20.1. The number of hydrogen-bond donors (Lipinski definition) is 3. The number of halogens is 1. The molecule has 0 heterocycles. The molecule has 0 aromatic heterocycles. The first-order valence-corrected chi connectivity index (χ1v) is 8.53. The smallest absolute Gasteiger partial charge is 0.303 e. The maximum Gasteiger partial charge on any atom is 0.303 e. The van der Waals surface area contributed by atoms with Gasteiger partial charge in [-0.2, -0.15) is 0 Å². The summed E-state index contributed by atoms with van der Waals surface area (Å²) in [6.07, 6.45) is 0.680. The summed E-state index contributed by atoms with van der Waals surface area (Å²) in [7, 11) is 0. The molecule has 0 fully saturated rings. The van der Waals surface area contributed by atoms with E-state index in [0.29, 0.717) is 6.42 Å². The molecule has 142 valence electrons.